The Bertz CT molecular complexity index is 330. The van der Waals surface area contributed by atoms with E-state index in [0.29, 0.717) is 0 Å². The maximum absolute atomic E-state index is 5.80. The van der Waals surface area contributed by atoms with Gasteiger partial charge in [0.15, 0.2) is 5.96 Å². The number of nitrogens with one attached hydrogen (secondary N) is 1. The summed E-state index contributed by atoms with van der Waals surface area (Å²) in [6, 6.07) is 0. The van der Waals surface area contributed by atoms with Gasteiger partial charge in [-0.1, -0.05) is 13.8 Å². The molecule has 2 saturated heterocycles. The second-order valence-electron chi connectivity index (χ2n) is 6.53. The van der Waals surface area contributed by atoms with Gasteiger partial charge in [-0.3, -0.25) is 4.99 Å². The van der Waals surface area contributed by atoms with Gasteiger partial charge in [-0.05, 0) is 25.3 Å². The fourth-order valence-electron chi connectivity index (χ4n) is 3.36. The lowest BCUT2D eigenvalue weighted by molar-refractivity contribution is -0.0164. The average molecular weight is 410 g/mol. The fraction of sp³-hybridized carbons (Fsp3) is 0.933. The lowest BCUT2D eigenvalue weighted by Gasteiger charge is -2.38. The van der Waals surface area contributed by atoms with Crippen LogP contribution >= 0.6 is 24.0 Å². The maximum Gasteiger partial charge on any atom is 0.193 e. The van der Waals surface area contributed by atoms with Gasteiger partial charge in [-0.2, -0.15) is 0 Å². The highest BCUT2D eigenvalue weighted by Gasteiger charge is 2.25. The predicted molar refractivity (Wildman–Crippen MR) is 98.5 cm³/mol. The second-order valence-corrected chi connectivity index (χ2v) is 6.53. The molecule has 2 aliphatic heterocycles. The van der Waals surface area contributed by atoms with Crippen LogP contribution in [0.3, 0.4) is 0 Å². The van der Waals surface area contributed by atoms with Crippen molar-refractivity contribution in [2.24, 2.45) is 16.8 Å². The van der Waals surface area contributed by atoms with E-state index in [2.05, 4.69) is 41.0 Å². The van der Waals surface area contributed by atoms with Crippen molar-refractivity contribution in [3.05, 3.63) is 0 Å². The molecule has 2 rings (SSSR count). The topological polar surface area (TPSA) is 40.1 Å². The molecule has 2 fully saturated rings. The molecule has 5 nitrogen and oxygen atoms in total. The van der Waals surface area contributed by atoms with Crippen LogP contribution in [-0.4, -0.2) is 75.3 Å². The Kier molecular flexibility index (Phi) is 8.26. The largest absolute Gasteiger partial charge is 0.374 e. The van der Waals surface area contributed by atoms with Gasteiger partial charge in [-0.25, -0.2) is 0 Å². The number of halogens is 1. The van der Waals surface area contributed by atoms with Gasteiger partial charge in [0.25, 0.3) is 0 Å². The number of piperidine rings is 1. The number of aliphatic imine (C=N–C) groups is 1. The van der Waals surface area contributed by atoms with Crippen molar-refractivity contribution in [1.29, 1.82) is 0 Å². The maximum atomic E-state index is 5.80. The summed E-state index contributed by atoms with van der Waals surface area (Å²) in [5.41, 5.74) is 0. The molecule has 0 aromatic carbocycles. The standard InChI is InChI=1S/C15H30N4O.HI/c1-12-7-13(2)10-19(9-12)15(16-3)17-8-14-11-18(4)5-6-20-14;/h12-14H,5-11H2,1-4H3,(H,16,17);1H. The molecule has 0 aromatic heterocycles. The van der Waals surface area contributed by atoms with Crippen molar-refractivity contribution < 1.29 is 4.74 Å². The van der Waals surface area contributed by atoms with E-state index >= 15 is 0 Å². The summed E-state index contributed by atoms with van der Waals surface area (Å²) in [5.74, 6) is 2.52. The Morgan fingerprint density at radius 1 is 1.24 bits per heavy atom. The molecule has 0 radical (unpaired) electrons. The first-order chi connectivity index (χ1) is 9.58. The highest BCUT2D eigenvalue weighted by Crippen LogP contribution is 2.20. The van der Waals surface area contributed by atoms with E-state index < -0.39 is 0 Å². The van der Waals surface area contributed by atoms with Crippen molar-refractivity contribution in [3.63, 3.8) is 0 Å². The van der Waals surface area contributed by atoms with Crippen LogP contribution in [0.4, 0.5) is 0 Å². The molecule has 0 aromatic rings. The zero-order valence-electron chi connectivity index (χ0n) is 13.8. The zero-order chi connectivity index (χ0) is 14.5. The smallest absolute Gasteiger partial charge is 0.193 e. The Balaban J connectivity index is 0.00000220. The summed E-state index contributed by atoms with van der Waals surface area (Å²) >= 11 is 0. The summed E-state index contributed by atoms with van der Waals surface area (Å²) < 4.78 is 5.80. The molecule has 1 N–H and O–H groups in total. The van der Waals surface area contributed by atoms with E-state index in [-0.39, 0.29) is 30.1 Å². The molecule has 3 unspecified atom stereocenters. The van der Waals surface area contributed by atoms with Gasteiger partial charge >= 0.3 is 0 Å². The van der Waals surface area contributed by atoms with E-state index in [1.54, 1.807) is 0 Å². The fourth-order valence-corrected chi connectivity index (χ4v) is 3.36. The molecule has 0 bridgehead atoms. The Labute approximate surface area is 146 Å². The Morgan fingerprint density at radius 2 is 1.90 bits per heavy atom. The minimum atomic E-state index is 0. The molecule has 0 aliphatic carbocycles. The molecular formula is C15H31IN4O. The summed E-state index contributed by atoms with van der Waals surface area (Å²) in [5, 5.41) is 3.49. The highest BCUT2D eigenvalue weighted by molar-refractivity contribution is 14.0. The quantitative estimate of drug-likeness (QED) is 0.426. The minimum Gasteiger partial charge on any atom is -0.374 e. The summed E-state index contributed by atoms with van der Waals surface area (Å²) in [4.78, 5) is 9.16. The van der Waals surface area contributed by atoms with Gasteiger partial charge in [0.2, 0.25) is 0 Å². The second kappa shape index (κ2) is 9.15. The minimum absolute atomic E-state index is 0. The number of ether oxygens (including phenoxy) is 1. The van der Waals surface area contributed by atoms with Gasteiger partial charge in [-0.15, -0.1) is 24.0 Å². The lowest BCUT2D eigenvalue weighted by atomic mass is 9.92. The zero-order valence-corrected chi connectivity index (χ0v) is 16.2. The molecule has 0 amide bonds. The summed E-state index contributed by atoms with van der Waals surface area (Å²) in [7, 11) is 4.03. The van der Waals surface area contributed by atoms with E-state index in [1.165, 1.54) is 6.42 Å². The molecule has 2 heterocycles. The Morgan fingerprint density at radius 3 is 2.48 bits per heavy atom. The number of morpholine rings is 1. The van der Waals surface area contributed by atoms with E-state index in [0.717, 1.165) is 57.1 Å². The van der Waals surface area contributed by atoms with E-state index in [1.807, 2.05) is 7.05 Å². The van der Waals surface area contributed by atoms with Gasteiger partial charge < -0.3 is 19.9 Å². The highest BCUT2D eigenvalue weighted by atomic mass is 127. The van der Waals surface area contributed by atoms with Crippen molar-refractivity contribution >= 4 is 29.9 Å². The van der Waals surface area contributed by atoms with Gasteiger partial charge in [0.05, 0.1) is 12.7 Å². The van der Waals surface area contributed by atoms with Crippen LogP contribution in [0.25, 0.3) is 0 Å². The molecule has 2 aliphatic rings. The number of nitrogens with zero attached hydrogens (tertiary/aromatic N) is 3. The van der Waals surface area contributed by atoms with Crippen LogP contribution in [0.5, 0.6) is 0 Å². The SMILES string of the molecule is CN=C(NCC1CN(C)CCO1)N1CC(C)CC(C)C1.I. The monoisotopic (exact) mass is 410 g/mol. The first-order valence-electron chi connectivity index (χ1n) is 7.84. The number of likely N-dealkylation sites (N-methyl/N-ethyl adjacent to an activating group) is 1. The first kappa shape index (κ1) is 19.0. The normalized spacial score (nSPS) is 31.7. The molecular weight excluding hydrogens is 379 g/mol. The van der Waals surface area contributed by atoms with Crippen molar-refractivity contribution in [1.82, 2.24) is 15.1 Å². The van der Waals surface area contributed by atoms with Crippen molar-refractivity contribution in [2.75, 3.05) is 53.4 Å². The van der Waals surface area contributed by atoms with Crippen LogP contribution in [0.1, 0.15) is 20.3 Å². The third kappa shape index (κ3) is 5.90. The number of guanidine groups is 1. The third-order valence-electron chi connectivity index (χ3n) is 4.21. The van der Waals surface area contributed by atoms with Crippen molar-refractivity contribution in [3.8, 4) is 0 Å². The number of hydrogen-bond donors (Lipinski definition) is 1. The number of rotatable bonds is 2. The molecule has 3 atom stereocenters. The average Bonchev–Trinajstić information content (AvgIpc) is 2.38. The van der Waals surface area contributed by atoms with Crippen LogP contribution < -0.4 is 5.32 Å². The van der Waals surface area contributed by atoms with Gasteiger partial charge in [0, 0.05) is 39.8 Å². The molecule has 21 heavy (non-hydrogen) atoms. The molecule has 0 saturated carbocycles. The third-order valence-corrected chi connectivity index (χ3v) is 4.21. The van der Waals surface area contributed by atoms with Crippen molar-refractivity contribution in [2.45, 2.75) is 26.4 Å². The summed E-state index contributed by atoms with van der Waals surface area (Å²) in [6.45, 7) is 10.6. The van der Waals surface area contributed by atoms with Crippen LogP contribution in [-0.2, 0) is 4.74 Å². The van der Waals surface area contributed by atoms with E-state index in [4.69, 9.17) is 4.74 Å². The number of hydrogen-bond acceptors (Lipinski definition) is 3. The summed E-state index contributed by atoms with van der Waals surface area (Å²) in [6.07, 6.45) is 1.59. The predicted octanol–water partition coefficient (Wildman–Crippen LogP) is 1.49. The molecule has 6 heteroatoms. The van der Waals surface area contributed by atoms with Crippen LogP contribution in [0, 0.1) is 11.8 Å². The first-order valence-corrected chi connectivity index (χ1v) is 7.84. The number of likely N-dealkylation sites (tertiary alicyclic amines) is 1. The molecule has 124 valence electrons. The van der Waals surface area contributed by atoms with E-state index in [9.17, 15) is 0 Å². The Hall–Kier alpha value is -0.0800. The van der Waals surface area contributed by atoms with Crippen LogP contribution in [0.2, 0.25) is 0 Å². The van der Waals surface area contributed by atoms with Gasteiger partial charge in [0.1, 0.15) is 0 Å². The van der Waals surface area contributed by atoms with Crippen LogP contribution in [0.15, 0.2) is 4.99 Å². The lowest BCUT2D eigenvalue weighted by Crippen LogP contribution is -2.52. The molecule has 0 spiro atoms.